The molecule has 0 spiro atoms. The highest BCUT2D eigenvalue weighted by molar-refractivity contribution is 7.77. The Morgan fingerprint density at radius 1 is 1.05 bits per heavy atom. The monoisotopic (exact) mass is 298 g/mol. The van der Waals surface area contributed by atoms with Gasteiger partial charge < -0.3 is 5.32 Å². The number of benzene rings is 2. The van der Waals surface area contributed by atoms with Gasteiger partial charge in [-0.25, -0.2) is 4.67 Å². The van der Waals surface area contributed by atoms with Gasteiger partial charge in [0.25, 0.3) is 0 Å². The van der Waals surface area contributed by atoms with E-state index in [4.69, 9.17) is 0 Å². The van der Waals surface area contributed by atoms with Crippen LogP contribution in [0.2, 0.25) is 0 Å². The minimum Gasteiger partial charge on any atom is -0.383 e. The Hall–Kier alpha value is -1.57. The third-order valence-corrected chi connectivity index (χ3v) is 7.86. The van der Waals surface area contributed by atoms with Crippen LogP contribution >= 0.6 is 7.29 Å². The van der Waals surface area contributed by atoms with Crippen molar-refractivity contribution >= 4 is 23.6 Å². The zero-order valence-corrected chi connectivity index (χ0v) is 12.8. The van der Waals surface area contributed by atoms with Gasteiger partial charge in [-0.3, -0.25) is 4.57 Å². The maximum absolute atomic E-state index is 14.2. The molecule has 1 saturated heterocycles. The molecule has 2 aromatic carbocycles. The van der Waals surface area contributed by atoms with Crippen LogP contribution in [0, 0.1) is 0 Å². The zero-order valence-electron chi connectivity index (χ0n) is 11.9. The summed E-state index contributed by atoms with van der Waals surface area (Å²) in [6, 6.07) is 18.4. The largest absolute Gasteiger partial charge is 0.383 e. The predicted octanol–water partition coefficient (Wildman–Crippen LogP) is 2.81. The Kier molecular flexibility index (Phi) is 3.13. The average Bonchev–Trinajstić information content (AvgIpc) is 2.98. The van der Waals surface area contributed by atoms with Gasteiger partial charge in [0.05, 0.1) is 5.30 Å². The lowest BCUT2D eigenvalue weighted by Gasteiger charge is -2.31. The molecule has 4 heteroatoms. The summed E-state index contributed by atoms with van der Waals surface area (Å²) in [5.41, 5.74) is 1.03. The van der Waals surface area contributed by atoms with Gasteiger partial charge in [0.1, 0.15) is 0 Å². The van der Waals surface area contributed by atoms with E-state index in [9.17, 15) is 4.57 Å². The van der Waals surface area contributed by atoms with Crippen LogP contribution in [0.5, 0.6) is 0 Å². The first-order valence-electron chi connectivity index (χ1n) is 7.56. The molecule has 0 amide bonds. The van der Waals surface area contributed by atoms with Crippen LogP contribution < -0.4 is 15.9 Å². The molecule has 1 fully saturated rings. The number of hydrogen-bond acceptors (Lipinski definition) is 2. The molecule has 4 rings (SSSR count). The molecule has 0 radical (unpaired) electrons. The van der Waals surface area contributed by atoms with Gasteiger partial charge in [-0.05, 0) is 37.1 Å². The fraction of sp³-hybridized carbons (Fsp3) is 0.294. The predicted molar refractivity (Wildman–Crippen MR) is 88.0 cm³/mol. The molecule has 108 valence electrons. The maximum atomic E-state index is 14.2. The van der Waals surface area contributed by atoms with Gasteiger partial charge in [0.15, 0.2) is 0 Å². The van der Waals surface area contributed by atoms with Crippen LogP contribution in [0.3, 0.4) is 0 Å². The Bertz CT molecular complexity index is 701. The van der Waals surface area contributed by atoms with Crippen molar-refractivity contribution in [1.82, 2.24) is 4.67 Å². The molecule has 0 bridgehead atoms. The van der Waals surface area contributed by atoms with E-state index in [1.165, 1.54) is 0 Å². The van der Waals surface area contributed by atoms with E-state index in [2.05, 4.69) is 9.99 Å². The highest BCUT2D eigenvalue weighted by Gasteiger charge is 2.44. The molecule has 0 saturated carbocycles. The SMILES string of the molecule is O=P1(c2ccccc2)c2ccccc2NCC2CCCN21. The molecule has 2 heterocycles. The number of rotatable bonds is 1. The number of nitrogens with one attached hydrogen (secondary N) is 1. The van der Waals surface area contributed by atoms with Gasteiger partial charge in [-0.1, -0.05) is 30.3 Å². The van der Waals surface area contributed by atoms with Crippen LogP contribution in [-0.2, 0) is 4.57 Å². The summed E-state index contributed by atoms with van der Waals surface area (Å²) >= 11 is 0. The highest BCUT2D eigenvalue weighted by atomic mass is 31.2. The molecular formula is C17H19N2OP. The van der Waals surface area contributed by atoms with Crippen molar-refractivity contribution in [1.29, 1.82) is 0 Å². The lowest BCUT2D eigenvalue weighted by molar-refractivity contribution is 0.411. The van der Waals surface area contributed by atoms with Crippen molar-refractivity contribution in [2.75, 3.05) is 18.4 Å². The van der Waals surface area contributed by atoms with Crippen molar-refractivity contribution in [3.63, 3.8) is 0 Å². The summed E-state index contributed by atoms with van der Waals surface area (Å²) in [4.78, 5) is 0. The molecule has 2 atom stereocenters. The molecule has 2 unspecified atom stereocenters. The van der Waals surface area contributed by atoms with Crippen LogP contribution in [0.4, 0.5) is 5.69 Å². The summed E-state index contributed by atoms with van der Waals surface area (Å²) in [7, 11) is -2.73. The summed E-state index contributed by atoms with van der Waals surface area (Å²) in [5.74, 6) is 0. The molecule has 0 aromatic heterocycles. The molecular weight excluding hydrogens is 279 g/mol. The van der Waals surface area contributed by atoms with Gasteiger partial charge in [0.2, 0.25) is 7.29 Å². The molecule has 3 nitrogen and oxygen atoms in total. The maximum Gasteiger partial charge on any atom is 0.209 e. The first kappa shape index (κ1) is 13.1. The smallest absolute Gasteiger partial charge is 0.209 e. The number of para-hydroxylation sites is 1. The van der Waals surface area contributed by atoms with Crippen molar-refractivity contribution in [2.24, 2.45) is 0 Å². The van der Waals surface area contributed by atoms with Gasteiger partial charge in [0, 0.05) is 30.1 Å². The number of fused-ring (bicyclic) bond motifs is 2. The Morgan fingerprint density at radius 3 is 2.67 bits per heavy atom. The third kappa shape index (κ3) is 1.96. The van der Waals surface area contributed by atoms with E-state index in [1.807, 2.05) is 54.6 Å². The average molecular weight is 298 g/mol. The van der Waals surface area contributed by atoms with Gasteiger partial charge >= 0.3 is 0 Å². The lowest BCUT2D eigenvalue weighted by atomic mass is 10.2. The summed E-state index contributed by atoms with van der Waals surface area (Å²) in [6.07, 6.45) is 2.25. The van der Waals surface area contributed by atoms with Crippen LogP contribution in [0.15, 0.2) is 54.6 Å². The molecule has 2 aliphatic heterocycles. The summed E-state index contributed by atoms with van der Waals surface area (Å²) in [5, 5.41) is 5.42. The van der Waals surface area contributed by atoms with Crippen molar-refractivity contribution in [3.8, 4) is 0 Å². The highest BCUT2D eigenvalue weighted by Crippen LogP contribution is 2.54. The van der Waals surface area contributed by atoms with E-state index in [0.29, 0.717) is 6.04 Å². The lowest BCUT2D eigenvalue weighted by Crippen LogP contribution is -2.35. The Morgan fingerprint density at radius 2 is 1.81 bits per heavy atom. The second-order valence-corrected chi connectivity index (χ2v) is 8.43. The van der Waals surface area contributed by atoms with Crippen molar-refractivity contribution in [2.45, 2.75) is 18.9 Å². The zero-order chi connectivity index (χ0) is 14.3. The second-order valence-electron chi connectivity index (χ2n) is 5.77. The van der Waals surface area contributed by atoms with E-state index in [1.54, 1.807) is 0 Å². The Labute approximate surface area is 125 Å². The molecule has 2 aromatic rings. The quantitative estimate of drug-likeness (QED) is 0.822. The van der Waals surface area contributed by atoms with E-state index >= 15 is 0 Å². The van der Waals surface area contributed by atoms with E-state index in [0.717, 1.165) is 42.2 Å². The molecule has 2 aliphatic rings. The first-order chi connectivity index (χ1) is 10.3. The third-order valence-electron chi connectivity index (χ3n) is 4.57. The fourth-order valence-corrected chi connectivity index (χ4v) is 6.85. The molecule has 0 aliphatic carbocycles. The minimum absolute atomic E-state index is 0.364. The number of anilines is 1. The fourth-order valence-electron chi connectivity index (χ4n) is 3.57. The standard InChI is InChI=1S/C17H19N2OP/c20-21(15-8-2-1-3-9-15)17-11-5-4-10-16(17)18-13-14-7-6-12-19(14)21/h1-5,8-11,14,18H,6-7,12-13H2. The Balaban J connectivity index is 1.97. The minimum atomic E-state index is -2.73. The van der Waals surface area contributed by atoms with Crippen LogP contribution in [0.25, 0.3) is 0 Å². The second kappa shape index (κ2) is 5.01. The molecule has 21 heavy (non-hydrogen) atoms. The topological polar surface area (TPSA) is 32.3 Å². The van der Waals surface area contributed by atoms with Crippen molar-refractivity contribution in [3.05, 3.63) is 54.6 Å². The first-order valence-corrected chi connectivity index (χ1v) is 9.22. The van der Waals surface area contributed by atoms with E-state index < -0.39 is 7.29 Å². The van der Waals surface area contributed by atoms with Gasteiger partial charge in [-0.2, -0.15) is 0 Å². The van der Waals surface area contributed by atoms with E-state index in [-0.39, 0.29) is 0 Å². The summed E-state index contributed by atoms with van der Waals surface area (Å²) < 4.78 is 16.4. The van der Waals surface area contributed by atoms with Crippen molar-refractivity contribution < 1.29 is 4.57 Å². The number of hydrogen-bond donors (Lipinski definition) is 1. The normalized spacial score (nSPS) is 28.3. The van der Waals surface area contributed by atoms with Gasteiger partial charge in [-0.15, -0.1) is 0 Å². The van der Waals surface area contributed by atoms with Crippen LogP contribution in [-0.4, -0.2) is 23.8 Å². The molecule has 1 N–H and O–H groups in total. The number of nitrogens with zero attached hydrogens (tertiary/aromatic N) is 1. The summed E-state index contributed by atoms with van der Waals surface area (Å²) in [6.45, 7) is 1.81. The van der Waals surface area contributed by atoms with Crippen LogP contribution in [0.1, 0.15) is 12.8 Å².